The van der Waals surface area contributed by atoms with Gasteiger partial charge in [-0.05, 0) is 28.4 Å². The maximum Gasteiger partial charge on any atom is 0.332 e. The fourth-order valence-electron chi connectivity index (χ4n) is 0.895. The van der Waals surface area contributed by atoms with Crippen molar-refractivity contribution in [1.82, 2.24) is 0 Å². The van der Waals surface area contributed by atoms with Crippen molar-refractivity contribution < 1.29 is 9.90 Å². The van der Waals surface area contributed by atoms with E-state index in [2.05, 4.69) is 15.9 Å². The Bertz CT molecular complexity index is 341. The molecule has 0 bridgehead atoms. The second kappa shape index (κ2) is 4.23. The molecule has 0 radical (unpaired) electrons. The maximum atomic E-state index is 10.6. The largest absolute Gasteiger partial charge is 0.478 e. The van der Waals surface area contributed by atoms with Crippen molar-refractivity contribution in [2.45, 2.75) is 6.92 Å². The van der Waals surface area contributed by atoms with Gasteiger partial charge in [0.1, 0.15) is 0 Å². The summed E-state index contributed by atoms with van der Waals surface area (Å²) in [6, 6.07) is 9.34. The van der Waals surface area contributed by atoms with Crippen LogP contribution in [0.5, 0.6) is 0 Å². The Morgan fingerprint density at radius 3 is 2.31 bits per heavy atom. The zero-order chi connectivity index (χ0) is 9.84. The van der Waals surface area contributed by atoms with Crippen LogP contribution in [-0.4, -0.2) is 11.1 Å². The molecular formula is C10H9BrO2. The summed E-state index contributed by atoms with van der Waals surface area (Å²) in [6.07, 6.45) is 0. The summed E-state index contributed by atoms with van der Waals surface area (Å²) in [5, 5.41) is 8.73. The lowest BCUT2D eigenvalue weighted by molar-refractivity contribution is -0.132. The van der Waals surface area contributed by atoms with Gasteiger partial charge in [0.25, 0.3) is 0 Å². The van der Waals surface area contributed by atoms with E-state index in [9.17, 15) is 4.79 Å². The molecule has 1 aromatic rings. The Morgan fingerprint density at radius 2 is 1.85 bits per heavy atom. The van der Waals surface area contributed by atoms with Gasteiger partial charge in [0.2, 0.25) is 0 Å². The van der Waals surface area contributed by atoms with E-state index in [0.717, 1.165) is 5.56 Å². The molecule has 1 rings (SSSR count). The highest BCUT2D eigenvalue weighted by Gasteiger charge is 2.07. The van der Waals surface area contributed by atoms with E-state index in [1.165, 1.54) is 0 Å². The summed E-state index contributed by atoms with van der Waals surface area (Å²) in [7, 11) is 0. The summed E-state index contributed by atoms with van der Waals surface area (Å²) in [6.45, 7) is 1.57. The first-order valence-corrected chi connectivity index (χ1v) is 4.57. The van der Waals surface area contributed by atoms with Crippen LogP contribution in [0.1, 0.15) is 12.5 Å². The van der Waals surface area contributed by atoms with Crippen LogP contribution in [0.4, 0.5) is 0 Å². The van der Waals surface area contributed by atoms with E-state index < -0.39 is 5.97 Å². The Balaban J connectivity index is 3.11. The molecule has 3 heteroatoms. The van der Waals surface area contributed by atoms with Gasteiger partial charge in [0.15, 0.2) is 0 Å². The zero-order valence-corrected chi connectivity index (χ0v) is 8.71. The molecule has 0 atom stereocenters. The molecule has 0 saturated heterocycles. The molecule has 0 heterocycles. The van der Waals surface area contributed by atoms with Crippen LogP contribution in [0.15, 0.2) is 35.9 Å². The summed E-state index contributed by atoms with van der Waals surface area (Å²) >= 11 is 3.25. The van der Waals surface area contributed by atoms with Crippen molar-refractivity contribution in [2.24, 2.45) is 0 Å². The number of carboxylic acids is 1. The van der Waals surface area contributed by atoms with Crippen LogP contribution in [-0.2, 0) is 4.79 Å². The summed E-state index contributed by atoms with van der Waals surface area (Å²) in [5.74, 6) is -0.907. The normalized spacial score (nSPS) is 12.2. The van der Waals surface area contributed by atoms with Gasteiger partial charge in [-0.25, -0.2) is 4.79 Å². The molecule has 0 fully saturated rings. The fraction of sp³-hybridized carbons (Fsp3) is 0.100. The fourth-order valence-corrected chi connectivity index (χ4v) is 1.33. The van der Waals surface area contributed by atoms with Gasteiger partial charge < -0.3 is 5.11 Å². The van der Waals surface area contributed by atoms with E-state index >= 15 is 0 Å². The van der Waals surface area contributed by atoms with Crippen molar-refractivity contribution in [1.29, 1.82) is 0 Å². The quantitative estimate of drug-likeness (QED) is 0.808. The van der Waals surface area contributed by atoms with Gasteiger partial charge in [-0.1, -0.05) is 30.3 Å². The predicted octanol–water partition coefficient (Wildman–Crippen LogP) is 2.90. The van der Waals surface area contributed by atoms with Gasteiger partial charge in [-0.2, -0.15) is 0 Å². The molecule has 68 valence electrons. The zero-order valence-electron chi connectivity index (χ0n) is 7.12. The highest BCUT2D eigenvalue weighted by Crippen LogP contribution is 2.24. The van der Waals surface area contributed by atoms with E-state index in [1.54, 1.807) is 6.92 Å². The van der Waals surface area contributed by atoms with E-state index in [1.807, 2.05) is 30.3 Å². The van der Waals surface area contributed by atoms with Crippen LogP contribution in [0.25, 0.3) is 4.48 Å². The molecule has 0 aliphatic carbocycles. The number of carboxylic acid groups (broad SMARTS) is 1. The van der Waals surface area contributed by atoms with Crippen molar-refractivity contribution in [3.8, 4) is 0 Å². The van der Waals surface area contributed by atoms with E-state index in [-0.39, 0.29) is 0 Å². The van der Waals surface area contributed by atoms with Crippen LogP contribution in [0, 0.1) is 0 Å². The van der Waals surface area contributed by atoms with Gasteiger partial charge in [-0.3, -0.25) is 0 Å². The summed E-state index contributed by atoms with van der Waals surface area (Å²) in [5.41, 5.74) is 1.19. The first-order valence-electron chi connectivity index (χ1n) is 3.78. The van der Waals surface area contributed by atoms with Crippen LogP contribution < -0.4 is 0 Å². The lowest BCUT2D eigenvalue weighted by Crippen LogP contribution is -1.97. The third kappa shape index (κ3) is 2.42. The van der Waals surface area contributed by atoms with Crippen LogP contribution >= 0.6 is 15.9 Å². The molecule has 2 nitrogen and oxygen atoms in total. The number of carbonyl (C=O) groups is 1. The summed E-state index contributed by atoms with van der Waals surface area (Å²) < 4.78 is 0.626. The molecule has 0 amide bonds. The molecule has 0 aromatic heterocycles. The maximum absolute atomic E-state index is 10.6. The number of rotatable bonds is 2. The number of aliphatic carboxylic acids is 1. The average Bonchev–Trinajstić information content (AvgIpc) is 2.17. The Morgan fingerprint density at radius 1 is 1.31 bits per heavy atom. The number of halogens is 1. The third-order valence-corrected chi connectivity index (χ3v) is 2.73. The monoisotopic (exact) mass is 240 g/mol. The van der Waals surface area contributed by atoms with E-state index in [0.29, 0.717) is 10.1 Å². The van der Waals surface area contributed by atoms with Gasteiger partial charge in [0, 0.05) is 10.1 Å². The predicted molar refractivity (Wildman–Crippen MR) is 55.6 cm³/mol. The SMILES string of the molecule is C/C(C(=O)O)=C(\Br)c1ccccc1. The summed E-state index contributed by atoms with van der Waals surface area (Å²) in [4.78, 5) is 10.6. The molecule has 0 saturated carbocycles. The highest BCUT2D eigenvalue weighted by atomic mass is 79.9. The molecule has 0 aliphatic heterocycles. The lowest BCUT2D eigenvalue weighted by atomic mass is 10.1. The van der Waals surface area contributed by atoms with Gasteiger partial charge in [-0.15, -0.1) is 0 Å². The smallest absolute Gasteiger partial charge is 0.332 e. The minimum Gasteiger partial charge on any atom is -0.478 e. The molecule has 13 heavy (non-hydrogen) atoms. The van der Waals surface area contributed by atoms with Crippen LogP contribution in [0.3, 0.4) is 0 Å². The number of hydrogen-bond donors (Lipinski definition) is 1. The topological polar surface area (TPSA) is 37.3 Å². The van der Waals surface area contributed by atoms with Crippen LogP contribution in [0.2, 0.25) is 0 Å². The van der Waals surface area contributed by atoms with Gasteiger partial charge >= 0.3 is 5.97 Å². The minimum absolute atomic E-state index is 0.311. The Hall–Kier alpha value is -1.09. The lowest BCUT2D eigenvalue weighted by Gasteiger charge is -2.01. The molecule has 1 aromatic carbocycles. The molecule has 1 N–H and O–H groups in total. The van der Waals surface area contributed by atoms with Crippen molar-refractivity contribution >= 4 is 26.4 Å². The third-order valence-electron chi connectivity index (χ3n) is 1.68. The first-order chi connectivity index (χ1) is 6.13. The first kappa shape index (κ1) is 9.99. The highest BCUT2D eigenvalue weighted by molar-refractivity contribution is 9.15. The molecule has 0 spiro atoms. The molecule has 0 aliphatic rings. The number of hydrogen-bond acceptors (Lipinski definition) is 1. The van der Waals surface area contributed by atoms with Crippen molar-refractivity contribution in [3.63, 3.8) is 0 Å². The standard InChI is InChI=1S/C10H9BrO2/c1-7(10(12)13)9(11)8-5-3-2-4-6-8/h2-6H,1H3,(H,12,13)/b9-7+. The Kier molecular flexibility index (Phi) is 3.25. The van der Waals surface area contributed by atoms with E-state index in [4.69, 9.17) is 5.11 Å². The second-order valence-corrected chi connectivity index (χ2v) is 3.40. The molecular weight excluding hydrogens is 232 g/mol. The van der Waals surface area contributed by atoms with Crippen molar-refractivity contribution in [2.75, 3.05) is 0 Å². The minimum atomic E-state index is -0.907. The molecule has 0 unspecified atom stereocenters. The number of benzene rings is 1. The Labute approximate surface area is 85.0 Å². The second-order valence-electron chi connectivity index (χ2n) is 2.61. The van der Waals surface area contributed by atoms with Gasteiger partial charge in [0.05, 0.1) is 0 Å². The van der Waals surface area contributed by atoms with Crippen molar-refractivity contribution in [3.05, 3.63) is 41.5 Å². The average molecular weight is 241 g/mol.